The number of nitrogens with zero attached hydrogens (tertiary/aromatic N) is 2. The molecule has 0 atom stereocenters. The van der Waals surface area contributed by atoms with Crippen molar-refractivity contribution in [3.63, 3.8) is 0 Å². The zero-order valence-corrected chi connectivity index (χ0v) is 16.9. The summed E-state index contributed by atoms with van der Waals surface area (Å²) in [6, 6.07) is 12.8. The highest BCUT2D eigenvalue weighted by Gasteiger charge is 2.11. The number of esters is 1. The monoisotopic (exact) mass is 396 g/mol. The molecule has 6 nitrogen and oxygen atoms in total. The van der Waals surface area contributed by atoms with E-state index in [2.05, 4.69) is 26.7 Å². The summed E-state index contributed by atoms with van der Waals surface area (Å²) in [5.41, 5.74) is 4.96. The van der Waals surface area contributed by atoms with Crippen molar-refractivity contribution >= 4 is 40.7 Å². The molecule has 0 fully saturated rings. The van der Waals surface area contributed by atoms with E-state index in [1.54, 1.807) is 24.3 Å². The number of anilines is 4. The predicted molar refractivity (Wildman–Crippen MR) is 112 cm³/mol. The topological polar surface area (TPSA) is 76.1 Å². The number of ether oxygens (including phenoxy) is 1. The summed E-state index contributed by atoms with van der Waals surface area (Å²) >= 11 is 6.26. The molecule has 144 valence electrons. The fourth-order valence-corrected chi connectivity index (χ4v) is 3.03. The molecule has 3 aromatic rings. The van der Waals surface area contributed by atoms with Crippen molar-refractivity contribution in [2.24, 2.45) is 0 Å². The highest BCUT2D eigenvalue weighted by Crippen LogP contribution is 2.27. The lowest BCUT2D eigenvalue weighted by Crippen LogP contribution is -2.05. The first-order valence-electron chi connectivity index (χ1n) is 8.70. The van der Waals surface area contributed by atoms with E-state index in [1.165, 1.54) is 7.11 Å². The maximum atomic E-state index is 11.8. The SMILES string of the molecule is COC(=O)c1ccc(Cl)c(Nc2cc(C)nc(Nc3cc(C)cc(C)c3)n2)c1. The molecule has 28 heavy (non-hydrogen) atoms. The Labute approximate surface area is 168 Å². The van der Waals surface area contributed by atoms with Crippen molar-refractivity contribution in [1.29, 1.82) is 0 Å². The van der Waals surface area contributed by atoms with Gasteiger partial charge in [0.15, 0.2) is 0 Å². The minimum Gasteiger partial charge on any atom is -0.465 e. The van der Waals surface area contributed by atoms with Crippen LogP contribution in [-0.2, 0) is 4.74 Å². The molecule has 1 heterocycles. The van der Waals surface area contributed by atoms with Crippen molar-refractivity contribution < 1.29 is 9.53 Å². The van der Waals surface area contributed by atoms with Crippen LogP contribution in [0.25, 0.3) is 0 Å². The minimum absolute atomic E-state index is 0.397. The molecule has 0 saturated heterocycles. The number of aromatic nitrogens is 2. The largest absolute Gasteiger partial charge is 0.465 e. The average molecular weight is 397 g/mol. The molecular formula is C21H21ClN4O2. The van der Waals surface area contributed by atoms with Gasteiger partial charge in [-0.15, -0.1) is 0 Å². The van der Waals surface area contributed by atoms with Gasteiger partial charge in [0.25, 0.3) is 0 Å². The van der Waals surface area contributed by atoms with Crippen molar-refractivity contribution in [2.45, 2.75) is 20.8 Å². The first-order valence-corrected chi connectivity index (χ1v) is 9.08. The van der Waals surface area contributed by atoms with Crippen LogP contribution in [0.1, 0.15) is 27.2 Å². The van der Waals surface area contributed by atoms with Gasteiger partial charge in [-0.2, -0.15) is 4.98 Å². The molecule has 0 aliphatic rings. The second kappa shape index (κ2) is 8.27. The second-order valence-corrected chi connectivity index (χ2v) is 6.94. The van der Waals surface area contributed by atoms with E-state index in [0.717, 1.165) is 22.5 Å². The van der Waals surface area contributed by atoms with Gasteiger partial charge in [-0.3, -0.25) is 0 Å². The van der Waals surface area contributed by atoms with Crippen molar-refractivity contribution in [2.75, 3.05) is 17.7 Å². The van der Waals surface area contributed by atoms with E-state index in [4.69, 9.17) is 16.3 Å². The van der Waals surface area contributed by atoms with Gasteiger partial charge in [0.05, 0.1) is 23.4 Å². The summed E-state index contributed by atoms with van der Waals surface area (Å²) in [6.45, 7) is 5.96. The van der Waals surface area contributed by atoms with Crippen LogP contribution in [0.3, 0.4) is 0 Å². The van der Waals surface area contributed by atoms with Gasteiger partial charge < -0.3 is 15.4 Å². The lowest BCUT2D eigenvalue weighted by atomic mass is 10.1. The molecule has 0 saturated carbocycles. The van der Waals surface area contributed by atoms with E-state index >= 15 is 0 Å². The van der Waals surface area contributed by atoms with Gasteiger partial charge in [-0.1, -0.05) is 17.7 Å². The van der Waals surface area contributed by atoms with Gasteiger partial charge >= 0.3 is 5.97 Å². The number of methoxy groups -OCH3 is 1. The number of hydrogen-bond acceptors (Lipinski definition) is 6. The molecule has 0 bridgehead atoms. The van der Waals surface area contributed by atoms with Crippen LogP contribution in [0.2, 0.25) is 5.02 Å². The van der Waals surface area contributed by atoms with Crippen molar-refractivity contribution in [1.82, 2.24) is 9.97 Å². The van der Waals surface area contributed by atoms with Gasteiger partial charge in [-0.05, 0) is 62.2 Å². The number of halogens is 1. The maximum Gasteiger partial charge on any atom is 0.337 e. The van der Waals surface area contributed by atoms with Crippen molar-refractivity contribution in [3.8, 4) is 0 Å². The third kappa shape index (κ3) is 4.78. The standard InChI is InChI=1S/C21H21ClN4O2/c1-12-7-13(2)9-16(8-12)24-21-23-14(3)10-19(26-21)25-18-11-15(20(27)28-4)5-6-17(18)22/h5-11H,1-4H3,(H2,23,24,25,26). The minimum atomic E-state index is -0.434. The fraction of sp³-hybridized carbons (Fsp3) is 0.190. The molecular weight excluding hydrogens is 376 g/mol. The van der Waals surface area contributed by atoms with Crippen LogP contribution < -0.4 is 10.6 Å². The van der Waals surface area contributed by atoms with Gasteiger partial charge in [-0.25, -0.2) is 9.78 Å². The number of nitrogens with one attached hydrogen (secondary N) is 2. The summed E-state index contributed by atoms with van der Waals surface area (Å²) in [7, 11) is 1.34. The summed E-state index contributed by atoms with van der Waals surface area (Å²) in [5.74, 6) is 0.590. The van der Waals surface area contributed by atoms with Gasteiger partial charge in [0, 0.05) is 17.4 Å². The molecule has 0 aliphatic carbocycles. The molecule has 2 aromatic carbocycles. The van der Waals surface area contributed by atoms with Gasteiger partial charge in [0.1, 0.15) is 5.82 Å². The number of rotatable bonds is 5. The normalized spacial score (nSPS) is 10.5. The van der Waals surface area contributed by atoms with Crippen LogP contribution in [0.5, 0.6) is 0 Å². The number of aryl methyl sites for hydroxylation is 3. The summed E-state index contributed by atoms with van der Waals surface area (Å²) in [4.78, 5) is 20.7. The Hall–Kier alpha value is -3.12. The highest BCUT2D eigenvalue weighted by atomic mass is 35.5. The van der Waals surface area contributed by atoms with Crippen molar-refractivity contribution in [3.05, 3.63) is 69.9 Å². The molecule has 7 heteroatoms. The van der Waals surface area contributed by atoms with E-state index in [0.29, 0.717) is 28.0 Å². The Morgan fingerprint density at radius 3 is 2.36 bits per heavy atom. The Morgan fingerprint density at radius 1 is 0.964 bits per heavy atom. The predicted octanol–water partition coefficient (Wildman–Crippen LogP) is 5.33. The number of hydrogen-bond donors (Lipinski definition) is 2. The number of carbonyl (C=O) groups excluding carboxylic acids is 1. The second-order valence-electron chi connectivity index (χ2n) is 6.53. The molecule has 3 rings (SSSR count). The molecule has 0 radical (unpaired) electrons. The first kappa shape index (κ1) is 19.6. The lowest BCUT2D eigenvalue weighted by Gasteiger charge is -2.12. The Morgan fingerprint density at radius 2 is 1.68 bits per heavy atom. The van der Waals surface area contributed by atoms with E-state index < -0.39 is 5.97 Å². The lowest BCUT2D eigenvalue weighted by molar-refractivity contribution is 0.0601. The zero-order chi connectivity index (χ0) is 20.3. The molecule has 1 aromatic heterocycles. The van der Waals surface area contributed by atoms with Crippen LogP contribution in [0.4, 0.5) is 23.1 Å². The molecule has 0 aliphatic heterocycles. The van der Waals surface area contributed by atoms with E-state index in [-0.39, 0.29) is 0 Å². The third-order valence-corrected chi connectivity index (χ3v) is 4.31. The van der Waals surface area contributed by atoms with E-state index in [1.807, 2.05) is 32.9 Å². The van der Waals surface area contributed by atoms with E-state index in [9.17, 15) is 4.79 Å². The summed E-state index contributed by atoms with van der Waals surface area (Å²) in [6.07, 6.45) is 0. The smallest absolute Gasteiger partial charge is 0.337 e. The first-order chi connectivity index (χ1) is 13.3. The van der Waals surface area contributed by atoms with Gasteiger partial charge in [0.2, 0.25) is 5.95 Å². The van der Waals surface area contributed by atoms with Crippen LogP contribution in [0.15, 0.2) is 42.5 Å². The Kier molecular flexibility index (Phi) is 5.80. The van der Waals surface area contributed by atoms with Crippen LogP contribution in [-0.4, -0.2) is 23.0 Å². The Bertz CT molecular complexity index is 1020. The molecule has 2 N–H and O–H groups in total. The summed E-state index contributed by atoms with van der Waals surface area (Å²) < 4.78 is 4.76. The summed E-state index contributed by atoms with van der Waals surface area (Å²) in [5, 5.41) is 6.85. The average Bonchev–Trinajstić information content (AvgIpc) is 2.61. The van der Waals surface area contributed by atoms with Crippen LogP contribution in [0, 0.1) is 20.8 Å². The number of carbonyl (C=O) groups is 1. The quantitative estimate of drug-likeness (QED) is 0.568. The number of benzene rings is 2. The fourth-order valence-electron chi connectivity index (χ4n) is 2.87. The van der Waals surface area contributed by atoms with Crippen LogP contribution >= 0.6 is 11.6 Å². The maximum absolute atomic E-state index is 11.8. The highest BCUT2D eigenvalue weighted by molar-refractivity contribution is 6.33. The molecule has 0 spiro atoms. The molecule has 0 unspecified atom stereocenters. The molecule has 0 amide bonds. The zero-order valence-electron chi connectivity index (χ0n) is 16.1. The Balaban J connectivity index is 1.89. The third-order valence-electron chi connectivity index (χ3n) is 3.98.